The van der Waals surface area contributed by atoms with E-state index in [1.165, 1.54) is 0 Å². The van der Waals surface area contributed by atoms with Crippen LogP contribution in [0.15, 0.2) is 72.6 Å². The summed E-state index contributed by atoms with van der Waals surface area (Å²) in [7, 11) is 1.63. The van der Waals surface area contributed by atoms with Gasteiger partial charge in [0, 0.05) is 34.2 Å². The molecular formula is C27H22ClN3O4. The number of aromatic amines is 1. The standard InChI is InChI=1S/C27H22ClN3O4/c1-34-19-7-8-22-20(14-19)18(15-30-22)10-11-29-26(32)17-6-9-24-23(12-17)31-27(33)25(35-24)13-16-4-2-3-5-21(16)28/h2-9,12-15,30H,10-11H2,1H3,(H,29,32)(H,31,33)/b25-13+. The number of H-pyrrole nitrogens is 1. The highest BCUT2D eigenvalue weighted by molar-refractivity contribution is 6.32. The molecule has 0 spiro atoms. The third kappa shape index (κ3) is 4.72. The van der Waals surface area contributed by atoms with Gasteiger partial charge in [0.25, 0.3) is 11.8 Å². The second-order valence-electron chi connectivity index (χ2n) is 8.03. The largest absolute Gasteiger partial charge is 0.497 e. The van der Waals surface area contributed by atoms with E-state index in [2.05, 4.69) is 15.6 Å². The average molecular weight is 488 g/mol. The number of anilines is 1. The van der Waals surface area contributed by atoms with Crippen molar-refractivity contribution < 1.29 is 19.1 Å². The van der Waals surface area contributed by atoms with Crippen molar-refractivity contribution >= 4 is 46.1 Å². The molecule has 0 aliphatic carbocycles. The van der Waals surface area contributed by atoms with E-state index < -0.39 is 5.91 Å². The number of fused-ring (bicyclic) bond motifs is 2. The summed E-state index contributed by atoms with van der Waals surface area (Å²) >= 11 is 6.18. The van der Waals surface area contributed by atoms with Gasteiger partial charge < -0.3 is 25.1 Å². The number of nitrogens with one attached hydrogen (secondary N) is 3. The van der Waals surface area contributed by atoms with Crippen molar-refractivity contribution in [1.29, 1.82) is 0 Å². The number of rotatable bonds is 6. The summed E-state index contributed by atoms with van der Waals surface area (Å²) in [6.07, 6.45) is 4.18. The average Bonchev–Trinajstić information content (AvgIpc) is 3.27. The normalized spacial score (nSPS) is 13.8. The van der Waals surface area contributed by atoms with Crippen LogP contribution in [0.2, 0.25) is 5.02 Å². The minimum Gasteiger partial charge on any atom is -0.497 e. The Kier molecular flexibility index (Phi) is 6.16. The fourth-order valence-electron chi connectivity index (χ4n) is 3.94. The van der Waals surface area contributed by atoms with Crippen LogP contribution in [0.25, 0.3) is 17.0 Å². The number of halogens is 1. The Balaban J connectivity index is 1.25. The van der Waals surface area contributed by atoms with Gasteiger partial charge in [-0.05, 0) is 66.1 Å². The predicted octanol–water partition coefficient (Wildman–Crippen LogP) is 5.17. The molecule has 1 aliphatic rings. The van der Waals surface area contributed by atoms with Crippen LogP contribution < -0.4 is 20.1 Å². The van der Waals surface area contributed by atoms with E-state index in [1.54, 1.807) is 43.5 Å². The molecule has 2 heterocycles. The van der Waals surface area contributed by atoms with Gasteiger partial charge in [-0.2, -0.15) is 0 Å². The lowest BCUT2D eigenvalue weighted by molar-refractivity contribution is -0.115. The number of benzene rings is 3. The van der Waals surface area contributed by atoms with Crippen LogP contribution in [0.4, 0.5) is 5.69 Å². The maximum Gasteiger partial charge on any atom is 0.291 e. The van der Waals surface area contributed by atoms with Crippen LogP contribution >= 0.6 is 11.6 Å². The third-order valence-corrected chi connectivity index (χ3v) is 6.12. The number of hydrogen-bond donors (Lipinski definition) is 3. The van der Waals surface area contributed by atoms with Crippen LogP contribution in [-0.2, 0) is 11.2 Å². The summed E-state index contributed by atoms with van der Waals surface area (Å²) in [5.41, 5.74) is 3.63. The van der Waals surface area contributed by atoms with Gasteiger partial charge in [-0.1, -0.05) is 29.8 Å². The Labute approximate surface area is 206 Å². The van der Waals surface area contributed by atoms with E-state index in [9.17, 15) is 9.59 Å². The molecule has 0 fully saturated rings. The summed E-state index contributed by atoms with van der Waals surface area (Å²) in [5, 5.41) is 7.29. The summed E-state index contributed by atoms with van der Waals surface area (Å²) in [4.78, 5) is 28.5. The molecule has 0 atom stereocenters. The molecule has 0 unspecified atom stereocenters. The zero-order chi connectivity index (χ0) is 24.4. The molecule has 35 heavy (non-hydrogen) atoms. The van der Waals surface area contributed by atoms with Gasteiger partial charge in [0.2, 0.25) is 0 Å². The zero-order valence-corrected chi connectivity index (χ0v) is 19.6. The van der Waals surface area contributed by atoms with Gasteiger partial charge in [-0.3, -0.25) is 9.59 Å². The molecule has 1 aromatic heterocycles. The van der Waals surface area contributed by atoms with Crippen LogP contribution in [0.5, 0.6) is 11.5 Å². The molecule has 0 saturated carbocycles. The zero-order valence-electron chi connectivity index (χ0n) is 18.9. The Hall–Kier alpha value is -4.23. The van der Waals surface area contributed by atoms with E-state index in [1.807, 2.05) is 36.5 Å². The molecule has 3 N–H and O–H groups in total. The highest BCUT2D eigenvalue weighted by Gasteiger charge is 2.23. The van der Waals surface area contributed by atoms with Crippen molar-refractivity contribution in [1.82, 2.24) is 10.3 Å². The number of ether oxygens (including phenoxy) is 2. The van der Waals surface area contributed by atoms with Crippen LogP contribution in [0.1, 0.15) is 21.5 Å². The first kappa shape index (κ1) is 22.6. The van der Waals surface area contributed by atoms with E-state index in [0.29, 0.717) is 40.6 Å². The van der Waals surface area contributed by atoms with Gasteiger partial charge in [0.05, 0.1) is 12.8 Å². The molecule has 7 nitrogen and oxygen atoms in total. The lowest BCUT2D eigenvalue weighted by Crippen LogP contribution is -2.27. The topological polar surface area (TPSA) is 92.5 Å². The fourth-order valence-corrected chi connectivity index (χ4v) is 4.13. The number of amides is 2. The molecule has 2 amide bonds. The molecule has 5 rings (SSSR count). The third-order valence-electron chi connectivity index (χ3n) is 5.78. The summed E-state index contributed by atoms with van der Waals surface area (Å²) < 4.78 is 11.1. The number of methoxy groups -OCH3 is 1. The minimum atomic E-state index is -0.412. The predicted molar refractivity (Wildman–Crippen MR) is 136 cm³/mol. The molecule has 4 aromatic rings. The number of carbonyl (C=O) groups excluding carboxylic acids is 2. The van der Waals surface area contributed by atoms with Gasteiger partial charge in [0.15, 0.2) is 11.5 Å². The molecule has 1 aliphatic heterocycles. The maximum atomic E-state index is 12.7. The first-order valence-corrected chi connectivity index (χ1v) is 11.4. The van der Waals surface area contributed by atoms with Crippen LogP contribution in [0, 0.1) is 0 Å². The van der Waals surface area contributed by atoms with E-state index in [0.717, 1.165) is 22.2 Å². The maximum absolute atomic E-state index is 12.7. The molecule has 0 bridgehead atoms. The summed E-state index contributed by atoms with van der Waals surface area (Å²) in [6.45, 7) is 0.452. The Bertz CT molecular complexity index is 1470. The number of carbonyl (C=O) groups is 2. The monoisotopic (exact) mass is 487 g/mol. The number of aromatic nitrogens is 1. The van der Waals surface area contributed by atoms with E-state index in [-0.39, 0.29) is 11.7 Å². The van der Waals surface area contributed by atoms with Crippen LogP contribution in [-0.4, -0.2) is 30.5 Å². The number of hydrogen-bond acceptors (Lipinski definition) is 4. The molecule has 8 heteroatoms. The van der Waals surface area contributed by atoms with Crippen LogP contribution in [0.3, 0.4) is 0 Å². The van der Waals surface area contributed by atoms with E-state index in [4.69, 9.17) is 21.1 Å². The first-order chi connectivity index (χ1) is 17.0. The van der Waals surface area contributed by atoms with Crippen molar-refractivity contribution in [3.8, 4) is 11.5 Å². The Morgan fingerprint density at radius 1 is 1.14 bits per heavy atom. The lowest BCUT2D eigenvalue weighted by Gasteiger charge is -2.20. The van der Waals surface area contributed by atoms with Gasteiger partial charge in [-0.25, -0.2) is 0 Å². The van der Waals surface area contributed by atoms with E-state index >= 15 is 0 Å². The first-order valence-electron chi connectivity index (χ1n) is 11.0. The van der Waals surface area contributed by atoms with Crippen molar-refractivity contribution in [2.45, 2.75) is 6.42 Å². The highest BCUT2D eigenvalue weighted by Crippen LogP contribution is 2.33. The molecule has 3 aromatic carbocycles. The summed E-state index contributed by atoms with van der Waals surface area (Å²) in [5.74, 6) is 0.706. The van der Waals surface area contributed by atoms with Crippen molar-refractivity contribution in [2.24, 2.45) is 0 Å². The van der Waals surface area contributed by atoms with Crippen molar-refractivity contribution in [3.63, 3.8) is 0 Å². The molecule has 176 valence electrons. The lowest BCUT2D eigenvalue weighted by atomic mass is 10.1. The summed E-state index contributed by atoms with van der Waals surface area (Å²) in [6, 6.07) is 17.9. The molecule has 0 radical (unpaired) electrons. The van der Waals surface area contributed by atoms with Gasteiger partial charge >= 0.3 is 0 Å². The highest BCUT2D eigenvalue weighted by atomic mass is 35.5. The second-order valence-corrected chi connectivity index (χ2v) is 8.44. The van der Waals surface area contributed by atoms with Gasteiger partial charge in [0.1, 0.15) is 5.75 Å². The fraction of sp³-hybridized carbons (Fsp3) is 0.111. The second kappa shape index (κ2) is 9.56. The SMILES string of the molecule is COc1ccc2[nH]cc(CCNC(=O)c3ccc4c(c3)NC(=O)/C(=C\c3ccccc3Cl)O4)c2c1. The Morgan fingerprint density at radius 3 is 2.83 bits per heavy atom. The molecular weight excluding hydrogens is 466 g/mol. The quantitative estimate of drug-likeness (QED) is 0.327. The molecule has 0 saturated heterocycles. The Morgan fingerprint density at radius 2 is 2.00 bits per heavy atom. The van der Waals surface area contributed by atoms with Crippen molar-refractivity contribution in [2.75, 3.05) is 19.0 Å². The van der Waals surface area contributed by atoms with Crippen molar-refractivity contribution in [3.05, 3.63) is 94.3 Å². The minimum absolute atomic E-state index is 0.123. The smallest absolute Gasteiger partial charge is 0.291 e. The van der Waals surface area contributed by atoms with Gasteiger partial charge in [-0.15, -0.1) is 0 Å².